The van der Waals surface area contributed by atoms with Crippen LogP contribution in [0.3, 0.4) is 0 Å². The molecule has 3 heterocycles. The second kappa shape index (κ2) is 7.82. The molecule has 0 radical (unpaired) electrons. The summed E-state index contributed by atoms with van der Waals surface area (Å²) in [5.74, 6) is 0. The Bertz CT molecular complexity index is 825. The highest BCUT2D eigenvalue weighted by atomic mass is 32.2. The number of aromatic nitrogens is 2. The highest BCUT2D eigenvalue weighted by Gasteiger charge is 2.34. The molecule has 0 bridgehead atoms. The number of nitrogens with one attached hydrogen (secondary N) is 1. The molecule has 5 nitrogen and oxygen atoms in total. The molecular weight excluding hydrogens is 370 g/mol. The van der Waals surface area contributed by atoms with Gasteiger partial charge in [-0.3, -0.25) is 4.68 Å². The van der Waals surface area contributed by atoms with Crippen molar-refractivity contribution in [2.75, 3.05) is 26.1 Å². The lowest BCUT2D eigenvalue weighted by Crippen LogP contribution is -2.43. The van der Waals surface area contributed by atoms with Crippen molar-refractivity contribution in [2.24, 2.45) is 0 Å². The van der Waals surface area contributed by atoms with Gasteiger partial charge in [0.05, 0.1) is 25.5 Å². The molecule has 1 unspecified atom stereocenters. The van der Waals surface area contributed by atoms with Crippen LogP contribution in [0, 0.1) is 0 Å². The first-order valence-corrected chi connectivity index (χ1v) is 11.7. The van der Waals surface area contributed by atoms with E-state index in [-0.39, 0.29) is 15.9 Å². The van der Waals surface area contributed by atoms with E-state index in [0.717, 1.165) is 26.2 Å². The normalized spacial score (nSPS) is 23.9. The number of benzene rings is 1. The minimum atomic E-state index is -0.0612. The van der Waals surface area contributed by atoms with E-state index in [9.17, 15) is 0 Å². The van der Waals surface area contributed by atoms with Gasteiger partial charge in [-0.1, -0.05) is 18.2 Å². The largest absolute Gasteiger partial charge is 0.377 e. The summed E-state index contributed by atoms with van der Waals surface area (Å²) in [6.45, 7) is 11.2. The van der Waals surface area contributed by atoms with Crippen molar-refractivity contribution in [2.45, 2.75) is 57.0 Å². The molecule has 28 heavy (non-hydrogen) atoms. The van der Waals surface area contributed by atoms with Crippen LogP contribution in [0.1, 0.15) is 50.9 Å². The first kappa shape index (κ1) is 20.0. The summed E-state index contributed by atoms with van der Waals surface area (Å²) >= 11 is -0.0612. The van der Waals surface area contributed by atoms with Gasteiger partial charge in [0.25, 0.3) is 0 Å². The van der Waals surface area contributed by atoms with Crippen molar-refractivity contribution in [1.29, 1.82) is 0 Å². The number of rotatable bonds is 5. The standard InChI is InChI=1S/C22H32N3O2S/c1-15-19-7-6-8-20(16-10-23-25(11-16)18-13-26-14-18)21(19)9-17(24-15)12-27-28(5)22(2,3)4/h6-8,10-11,15,17-18,24H,9,12-14H2,1-5H3/q+1/t15-,17+,28?/m0/s1. The lowest BCUT2D eigenvalue weighted by atomic mass is 9.86. The topological polar surface area (TPSA) is 48.3 Å². The van der Waals surface area contributed by atoms with E-state index in [1.54, 1.807) is 0 Å². The molecule has 1 aromatic heterocycles. The summed E-state index contributed by atoms with van der Waals surface area (Å²) in [5.41, 5.74) is 5.31. The van der Waals surface area contributed by atoms with E-state index in [1.165, 1.54) is 22.3 Å². The highest BCUT2D eigenvalue weighted by molar-refractivity contribution is 7.93. The number of nitrogens with zero attached hydrogens (tertiary/aromatic N) is 2. The predicted octanol–water partition coefficient (Wildman–Crippen LogP) is 3.67. The first-order chi connectivity index (χ1) is 13.3. The van der Waals surface area contributed by atoms with E-state index in [0.29, 0.717) is 18.1 Å². The average molecular weight is 403 g/mol. The van der Waals surface area contributed by atoms with Gasteiger partial charge in [-0.25, -0.2) is 0 Å². The zero-order chi connectivity index (χ0) is 19.9. The number of hydrogen-bond donors (Lipinski definition) is 1. The summed E-state index contributed by atoms with van der Waals surface area (Å²) in [5, 5.41) is 8.33. The molecule has 4 rings (SSSR count). The van der Waals surface area contributed by atoms with Gasteiger partial charge in [-0.2, -0.15) is 9.28 Å². The Labute approximate surface area is 171 Å². The lowest BCUT2D eigenvalue weighted by Gasteiger charge is -2.32. The van der Waals surface area contributed by atoms with Crippen molar-refractivity contribution >= 4 is 11.2 Å². The van der Waals surface area contributed by atoms with Crippen molar-refractivity contribution in [1.82, 2.24) is 15.1 Å². The Morgan fingerprint density at radius 1 is 1.32 bits per heavy atom. The van der Waals surface area contributed by atoms with E-state index in [1.807, 2.05) is 6.20 Å². The molecule has 3 atom stereocenters. The van der Waals surface area contributed by atoms with Crippen LogP contribution in [-0.2, 0) is 26.5 Å². The van der Waals surface area contributed by atoms with Crippen LogP contribution in [0.4, 0.5) is 0 Å². The van der Waals surface area contributed by atoms with Gasteiger partial charge in [0, 0.05) is 23.8 Å². The van der Waals surface area contributed by atoms with E-state index < -0.39 is 0 Å². The summed E-state index contributed by atoms with van der Waals surface area (Å²) in [6.07, 6.45) is 7.35. The van der Waals surface area contributed by atoms with Crippen molar-refractivity contribution in [3.8, 4) is 11.1 Å². The molecule has 0 aliphatic carbocycles. The Kier molecular flexibility index (Phi) is 5.58. The summed E-state index contributed by atoms with van der Waals surface area (Å²) in [4.78, 5) is 0. The lowest BCUT2D eigenvalue weighted by molar-refractivity contribution is -0.0286. The molecule has 0 amide bonds. The van der Waals surface area contributed by atoms with Crippen molar-refractivity contribution < 1.29 is 8.92 Å². The van der Waals surface area contributed by atoms with E-state index in [4.69, 9.17) is 8.92 Å². The monoisotopic (exact) mass is 402 g/mol. The highest BCUT2D eigenvalue weighted by Crippen LogP contribution is 2.34. The number of fused-ring (bicyclic) bond motifs is 1. The average Bonchev–Trinajstić information content (AvgIpc) is 3.06. The second-order valence-electron chi connectivity index (χ2n) is 8.91. The fraction of sp³-hybridized carbons (Fsp3) is 0.591. The van der Waals surface area contributed by atoms with Crippen LogP contribution in [0.2, 0.25) is 0 Å². The van der Waals surface area contributed by atoms with Crippen LogP contribution >= 0.6 is 0 Å². The molecule has 2 aliphatic heterocycles. The van der Waals surface area contributed by atoms with Crippen molar-refractivity contribution in [3.63, 3.8) is 0 Å². The number of hydrogen-bond acceptors (Lipinski definition) is 4. The quantitative estimate of drug-likeness (QED) is 0.775. The SMILES string of the molecule is C[C@@H]1N[C@@H](CO[S+](C)C(C)(C)C)Cc2c(-c3cnn(C4COC4)c3)cccc21. The van der Waals surface area contributed by atoms with Crippen LogP contribution in [0.25, 0.3) is 11.1 Å². The Morgan fingerprint density at radius 3 is 2.79 bits per heavy atom. The minimum Gasteiger partial charge on any atom is -0.377 e. The molecule has 152 valence electrons. The van der Waals surface area contributed by atoms with Gasteiger partial charge >= 0.3 is 0 Å². The zero-order valence-electron chi connectivity index (χ0n) is 17.6. The van der Waals surface area contributed by atoms with Gasteiger partial charge < -0.3 is 10.1 Å². The molecule has 1 aromatic carbocycles. The predicted molar refractivity (Wildman–Crippen MR) is 116 cm³/mol. The molecule has 2 aliphatic rings. The van der Waals surface area contributed by atoms with Crippen LogP contribution in [0.5, 0.6) is 0 Å². The van der Waals surface area contributed by atoms with E-state index >= 15 is 0 Å². The minimum absolute atomic E-state index is 0.0612. The van der Waals surface area contributed by atoms with Gasteiger partial charge in [0.15, 0.2) is 4.75 Å². The zero-order valence-corrected chi connectivity index (χ0v) is 18.4. The third kappa shape index (κ3) is 4.01. The molecule has 6 heteroatoms. The molecule has 1 saturated heterocycles. The van der Waals surface area contributed by atoms with Gasteiger partial charge in [-0.15, -0.1) is 0 Å². The maximum absolute atomic E-state index is 6.25. The second-order valence-corrected chi connectivity index (χ2v) is 11.3. The molecule has 1 N–H and O–H groups in total. The Morgan fingerprint density at radius 2 is 2.11 bits per heavy atom. The summed E-state index contributed by atoms with van der Waals surface area (Å²) in [7, 11) is 0. The summed E-state index contributed by atoms with van der Waals surface area (Å²) < 4.78 is 13.8. The fourth-order valence-electron chi connectivity index (χ4n) is 3.78. The summed E-state index contributed by atoms with van der Waals surface area (Å²) in [6, 6.07) is 7.67. The van der Waals surface area contributed by atoms with Crippen LogP contribution < -0.4 is 5.32 Å². The smallest absolute Gasteiger partial charge is 0.152 e. The number of ether oxygens (including phenoxy) is 1. The van der Waals surface area contributed by atoms with Gasteiger partial charge in [-0.05, 0) is 50.8 Å². The Hall–Kier alpha value is -1.34. The van der Waals surface area contributed by atoms with Gasteiger partial charge in [0.2, 0.25) is 0 Å². The molecule has 2 aromatic rings. The van der Waals surface area contributed by atoms with Crippen molar-refractivity contribution in [3.05, 3.63) is 41.7 Å². The van der Waals surface area contributed by atoms with Crippen LogP contribution in [-0.4, -0.2) is 46.6 Å². The maximum Gasteiger partial charge on any atom is 0.152 e. The van der Waals surface area contributed by atoms with E-state index in [2.05, 4.69) is 73.4 Å². The molecule has 0 saturated carbocycles. The van der Waals surface area contributed by atoms with Crippen LogP contribution in [0.15, 0.2) is 30.6 Å². The molecular formula is C22H32N3O2S+. The first-order valence-electron chi connectivity index (χ1n) is 10.1. The maximum atomic E-state index is 6.25. The third-order valence-electron chi connectivity index (χ3n) is 5.83. The fourth-order valence-corrected chi connectivity index (χ4v) is 4.50. The Balaban J connectivity index is 1.54. The molecule has 0 spiro atoms. The molecule has 1 fully saturated rings. The third-order valence-corrected chi connectivity index (χ3v) is 8.04. The van der Waals surface area contributed by atoms with Gasteiger partial charge in [0.1, 0.15) is 24.0 Å².